The van der Waals surface area contributed by atoms with Crippen molar-refractivity contribution in [3.63, 3.8) is 0 Å². The molecule has 16 heavy (non-hydrogen) atoms. The third-order valence-electron chi connectivity index (χ3n) is 2.98. The first-order valence-corrected chi connectivity index (χ1v) is 5.67. The number of rotatable bonds is 1. The van der Waals surface area contributed by atoms with Crippen LogP contribution in [0.4, 0.5) is 0 Å². The molecule has 0 atom stereocenters. The molecule has 2 heteroatoms. The van der Waals surface area contributed by atoms with Crippen molar-refractivity contribution < 1.29 is 0 Å². The van der Waals surface area contributed by atoms with Gasteiger partial charge in [0.15, 0.2) is 5.82 Å². The minimum absolute atomic E-state index is 0.810. The molecule has 0 unspecified atom stereocenters. The summed E-state index contributed by atoms with van der Waals surface area (Å²) in [5, 5.41) is 0. The number of fused-ring (bicyclic) bond motifs is 1. The molecule has 0 N–H and O–H groups in total. The van der Waals surface area contributed by atoms with E-state index in [1.54, 1.807) is 12.4 Å². The van der Waals surface area contributed by atoms with Crippen LogP contribution in [-0.4, -0.2) is 9.97 Å². The first-order chi connectivity index (χ1) is 7.93. The summed E-state index contributed by atoms with van der Waals surface area (Å²) in [6.45, 7) is 0. The highest BCUT2D eigenvalue weighted by Crippen LogP contribution is 2.26. The molecule has 0 amide bonds. The van der Waals surface area contributed by atoms with Crippen LogP contribution in [0.1, 0.15) is 24.0 Å². The van der Waals surface area contributed by atoms with Gasteiger partial charge in [-0.1, -0.05) is 12.1 Å². The van der Waals surface area contributed by atoms with Crippen LogP contribution in [0.3, 0.4) is 0 Å². The van der Waals surface area contributed by atoms with E-state index in [1.807, 2.05) is 6.07 Å². The minimum atomic E-state index is 0.810. The Labute approximate surface area is 95.4 Å². The molecule has 1 radical (unpaired) electrons. The van der Waals surface area contributed by atoms with E-state index in [1.165, 1.54) is 30.4 Å². The smallest absolute Gasteiger partial charge is 0.159 e. The maximum absolute atomic E-state index is 4.27. The summed E-state index contributed by atoms with van der Waals surface area (Å²) >= 11 is 0. The van der Waals surface area contributed by atoms with E-state index in [2.05, 4.69) is 34.6 Å². The van der Waals surface area contributed by atoms with E-state index < -0.39 is 0 Å². The van der Waals surface area contributed by atoms with Gasteiger partial charge >= 0.3 is 0 Å². The molecule has 0 saturated carbocycles. The molecule has 0 aliphatic heterocycles. The van der Waals surface area contributed by atoms with Crippen LogP contribution in [0.25, 0.3) is 11.4 Å². The molecular formula is C14H13N2. The lowest BCUT2D eigenvalue weighted by molar-refractivity contribution is 0.775. The van der Waals surface area contributed by atoms with Crippen molar-refractivity contribution in [3.05, 3.63) is 54.2 Å². The molecule has 1 heterocycles. The summed E-state index contributed by atoms with van der Waals surface area (Å²) in [4.78, 5) is 8.55. The second-order valence-electron chi connectivity index (χ2n) is 4.08. The van der Waals surface area contributed by atoms with E-state index in [-0.39, 0.29) is 0 Å². The van der Waals surface area contributed by atoms with E-state index in [4.69, 9.17) is 0 Å². The summed E-state index contributed by atoms with van der Waals surface area (Å²) in [6, 6.07) is 8.36. The Hall–Kier alpha value is -1.70. The highest BCUT2D eigenvalue weighted by Gasteiger charge is 2.10. The normalized spacial score (nSPS) is 14.5. The van der Waals surface area contributed by atoms with Gasteiger partial charge in [0.1, 0.15) is 0 Å². The van der Waals surface area contributed by atoms with Crippen LogP contribution in [0.5, 0.6) is 0 Å². The zero-order valence-corrected chi connectivity index (χ0v) is 9.06. The monoisotopic (exact) mass is 209 g/mol. The Morgan fingerprint density at radius 1 is 1.06 bits per heavy atom. The van der Waals surface area contributed by atoms with E-state index in [9.17, 15) is 0 Å². The Kier molecular flexibility index (Phi) is 2.41. The van der Waals surface area contributed by atoms with Crippen molar-refractivity contribution >= 4 is 0 Å². The number of nitrogens with zero attached hydrogens (tertiary/aromatic N) is 2. The predicted octanol–water partition coefficient (Wildman–Crippen LogP) is 3.03. The molecule has 2 aromatic rings. The van der Waals surface area contributed by atoms with Crippen LogP contribution in [0.15, 0.2) is 36.7 Å². The molecule has 1 aromatic heterocycles. The average molecular weight is 209 g/mol. The van der Waals surface area contributed by atoms with Gasteiger partial charge in [-0.3, -0.25) is 0 Å². The van der Waals surface area contributed by atoms with Gasteiger partial charge in [-0.25, -0.2) is 9.97 Å². The van der Waals surface area contributed by atoms with Crippen molar-refractivity contribution in [2.75, 3.05) is 0 Å². The first kappa shape index (κ1) is 9.52. The Morgan fingerprint density at radius 2 is 1.94 bits per heavy atom. The number of aromatic nitrogens is 2. The zero-order valence-electron chi connectivity index (χ0n) is 9.06. The lowest BCUT2D eigenvalue weighted by atomic mass is 9.90. The lowest BCUT2D eigenvalue weighted by Gasteiger charge is -2.15. The van der Waals surface area contributed by atoms with Gasteiger partial charge in [0.2, 0.25) is 0 Å². The topological polar surface area (TPSA) is 25.8 Å². The van der Waals surface area contributed by atoms with Crippen molar-refractivity contribution in [2.45, 2.75) is 19.3 Å². The van der Waals surface area contributed by atoms with Gasteiger partial charge in [0.05, 0.1) is 0 Å². The SMILES string of the molecule is [CH]1CCCc2ccc(-c3ncccn3)cc21. The minimum Gasteiger partial charge on any atom is -0.237 e. The fraction of sp³-hybridized carbons (Fsp3) is 0.214. The van der Waals surface area contributed by atoms with Gasteiger partial charge in [0.25, 0.3) is 0 Å². The maximum atomic E-state index is 4.27. The van der Waals surface area contributed by atoms with Crippen LogP contribution < -0.4 is 0 Å². The van der Waals surface area contributed by atoms with Crippen LogP contribution in [-0.2, 0) is 6.42 Å². The molecule has 0 bridgehead atoms. The molecule has 79 valence electrons. The quantitative estimate of drug-likeness (QED) is 0.721. The lowest BCUT2D eigenvalue weighted by Crippen LogP contribution is -2.01. The highest BCUT2D eigenvalue weighted by molar-refractivity contribution is 5.58. The van der Waals surface area contributed by atoms with Crippen molar-refractivity contribution in [2.24, 2.45) is 0 Å². The molecule has 1 aromatic carbocycles. The van der Waals surface area contributed by atoms with Crippen LogP contribution >= 0.6 is 0 Å². The molecule has 0 spiro atoms. The third kappa shape index (κ3) is 1.71. The Morgan fingerprint density at radius 3 is 2.81 bits per heavy atom. The first-order valence-electron chi connectivity index (χ1n) is 5.67. The van der Waals surface area contributed by atoms with Crippen molar-refractivity contribution in [3.8, 4) is 11.4 Å². The summed E-state index contributed by atoms with van der Waals surface area (Å²) < 4.78 is 0. The summed E-state index contributed by atoms with van der Waals surface area (Å²) in [6.07, 6.45) is 9.53. The average Bonchev–Trinajstić information content (AvgIpc) is 2.39. The summed E-state index contributed by atoms with van der Waals surface area (Å²) in [7, 11) is 0. The zero-order chi connectivity index (χ0) is 10.8. The molecule has 1 aliphatic carbocycles. The summed E-state index contributed by atoms with van der Waals surface area (Å²) in [5.41, 5.74) is 3.92. The number of aryl methyl sites for hydroxylation is 1. The van der Waals surface area contributed by atoms with Crippen LogP contribution in [0, 0.1) is 6.42 Å². The van der Waals surface area contributed by atoms with Gasteiger partial charge in [0, 0.05) is 18.0 Å². The molecular weight excluding hydrogens is 196 g/mol. The molecule has 0 saturated heterocycles. The highest BCUT2D eigenvalue weighted by atomic mass is 14.8. The number of hydrogen-bond acceptors (Lipinski definition) is 2. The summed E-state index contributed by atoms with van der Waals surface area (Å²) in [5.74, 6) is 0.810. The number of benzene rings is 1. The fourth-order valence-electron chi connectivity index (χ4n) is 2.15. The predicted molar refractivity (Wildman–Crippen MR) is 63.8 cm³/mol. The Bertz CT molecular complexity index is 491. The molecule has 2 nitrogen and oxygen atoms in total. The standard InChI is InChI=1S/C14H13N2/c1-2-5-12-10-13(7-6-11(12)4-1)14-15-8-3-9-16-14/h3,5-10H,1-2,4H2. The second kappa shape index (κ2) is 4.05. The van der Waals surface area contributed by atoms with E-state index in [0.29, 0.717) is 0 Å². The molecule has 3 rings (SSSR count). The largest absolute Gasteiger partial charge is 0.237 e. The molecule has 1 aliphatic rings. The van der Waals surface area contributed by atoms with Gasteiger partial charge in [-0.15, -0.1) is 0 Å². The maximum Gasteiger partial charge on any atom is 0.159 e. The van der Waals surface area contributed by atoms with E-state index >= 15 is 0 Å². The Balaban J connectivity index is 2.03. The van der Waals surface area contributed by atoms with Crippen molar-refractivity contribution in [1.29, 1.82) is 0 Å². The molecule has 0 fully saturated rings. The van der Waals surface area contributed by atoms with Gasteiger partial charge < -0.3 is 0 Å². The van der Waals surface area contributed by atoms with Gasteiger partial charge in [-0.05, 0) is 48.9 Å². The van der Waals surface area contributed by atoms with Crippen molar-refractivity contribution in [1.82, 2.24) is 9.97 Å². The third-order valence-corrected chi connectivity index (χ3v) is 2.98. The fourth-order valence-corrected chi connectivity index (χ4v) is 2.15. The number of hydrogen-bond donors (Lipinski definition) is 0. The van der Waals surface area contributed by atoms with Crippen LogP contribution in [0.2, 0.25) is 0 Å². The second-order valence-corrected chi connectivity index (χ2v) is 4.08. The van der Waals surface area contributed by atoms with Gasteiger partial charge in [-0.2, -0.15) is 0 Å². The van der Waals surface area contributed by atoms with E-state index in [0.717, 1.165) is 11.4 Å².